The second kappa shape index (κ2) is 7.62. The minimum Gasteiger partial charge on any atom is -0.355 e. The highest BCUT2D eigenvalue weighted by Crippen LogP contribution is 2.25. The Bertz CT molecular complexity index is 583. The second-order valence-corrected chi connectivity index (χ2v) is 5.86. The number of nitrogens with zero attached hydrogens (tertiary/aromatic N) is 3. The Labute approximate surface area is 132 Å². The van der Waals surface area contributed by atoms with E-state index < -0.39 is 0 Å². The Morgan fingerprint density at radius 2 is 1.86 bits per heavy atom. The van der Waals surface area contributed by atoms with E-state index in [0.717, 1.165) is 48.3 Å². The van der Waals surface area contributed by atoms with Crippen molar-refractivity contribution in [2.45, 2.75) is 19.2 Å². The predicted octanol–water partition coefficient (Wildman–Crippen LogP) is 3.75. The first-order valence-electron chi connectivity index (χ1n) is 7.50. The molecule has 0 atom stereocenters. The van der Waals surface area contributed by atoms with Crippen LogP contribution in [-0.2, 0) is 5.88 Å². The molecule has 0 aliphatic heterocycles. The third kappa shape index (κ3) is 4.08. The van der Waals surface area contributed by atoms with E-state index in [4.69, 9.17) is 16.6 Å². The SMILES string of the molecule is CCCN(CCN(C)C)c1nc2ccccc2cc1CCl. The van der Waals surface area contributed by atoms with Gasteiger partial charge in [-0.3, -0.25) is 0 Å². The van der Waals surface area contributed by atoms with Crippen molar-refractivity contribution < 1.29 is 0 Å². The maximum atomic E-state index is 6.16. The molecule has 21 heavy (non-hydrogen) atoms. The first-order chi connectivity index (χ1) is 10.2. The zero-order valence-corrected chi connectivity index (χ0v) is 13.9. The molecule has 0 amide bonds. The molecule has 0 saturated heterocycles. The molecule has 1 heterocycles. The van der Waals surface area contributed by atoms with E-state index in [-0.39, 0.29) is 0 Å². The molecule has 0 saturated carbocycles. The van der Waals surface area contributed by atoms with E-state index in [0.29, 0.717) is 5.88 Å². The number of anilines is 1. The van der Waals surface area contributed by atoms with Crippen LogP contribution in [0, 0.1) is 0 Å². The van der Waals surface area contributed by atoms with Gasteiger partial charge in [-0.15, -0.1) is 11.6 Å². The summed E-state index contributed by atoms with van der Waals surface area (Å²) in [5.41, 5.74) is 2.15. The van der Waals surface area contributed by atoms with Gasteiger partial charge >= 0.3 is 0 Å². The number of hydrogen-bond donors (Lipinski definition) is 0. The van der Waals surface area contributed by atoms with Gasteiger partial charge in [0.1, 0.15) is 5.82 Å². The number of likely N-dealkylation sites (N-methyl/N-ethyl adjacent to an activating group) is 1. The number of alkyl halides is 1. The average Bonchev–Trinajstić information content (AvgIpc) is 2.50. The molecule has 0 aliphatic rings. The molecule has 0 spiro atoms. The maximum Gasteiger partial charge on any atom is 0.133 e. The molecule has 0 fully saturated rings. The zero-order chi connectivity index (χ0) is 15.2. The highest BCUT2D eigenvalue weighted by Gasteiger charge is 2.13. The van der Waals surface area contributed by atoms with Crippen LogP contribution >= 0.6 is 11.6 Å². The number of rotatable bonds is 7. The summed E-state index contributed by atoms with van der Waals surface area (Å²) in [5.74, 6) is 1.53. The first-order valence-corrected chi connectivity index (χ1v) is 8.03. The quantitative estimate of drug-likeness (QED) is 0.726. The van der Waals surface area contributed by atoms with Crippen molar-refractivity contribution in [1.82, 2.24) is 9.88 Å². The summed E-state index contributed by atoms with van der Waals surface area (Å²) in [4.78, 5) is 9.42. The Morgan fingerprint density at radius 3 is 2.52 bits per heavy atom. The Balaban J connectivity index is 2.39. The third-order valence-electron chi connectivity index (χ3n) is 3.53. The first kappa shape index (κ1) is 16.1. The fourth-order valence-electron chi connectivity index (χ4n) is 2.44. The second-order valence-electron chi connectivity index (χ2n) is 5.59. The smallest absolute Gasteiger partial charge is 0.133 e. The van der Waals surface area contributed by atoms with Crippen molar-refractivity contribution in [3.8, 4) is 0 Å². The van der Waals surface area contributed by atoms with Crippen molar-refractivity contribution in [2.24, 2.45) is 0 Å². The number of pyridine rings is 1. The molecule has 114 valence electrons. The molecule has 0 N–H and O–H groups in total. The number of halogens is 1. The molecule has 0 radical (unpaired) electrons. The number of para-hydroxylation sites is 1. The fourth-order valence-corrected chi connectivity index (χ4v) is 2.63. The molecule has 4 heteroatoms. The van der Waals surface area contributed by atoms with E-state index in [2.05, 4.69) is 49.0 Å². The van der Waals surface area contributed by atoms with Crippen LogP contribution in [0.2, 0.25) is 0 Å². The lowest BCUT2D eigenvalue weighted by atomic mass is 10.1. The van der Waals surface area contributed by atoms with Gasteiger partial charge in [-0.2, -0.15) is 0 Å². The normalized spacial score (nSPS) is 11.3. The minimum atomic E-state index is 0.495. The molecular weight excluding hydrogens is 282 g/mol. The summed E-state index contributed by atoms with van der Waals surface area (Å²) >= 11 is 6.16. The minimum absolute atomic E-state index is 0.495. The Hall–Kier alpha value is -1.32. The van der Waals surface area contributed by atoms with E-state index in [1.807, 2.05) is 12.1 Å². The number of fused-ring (bicyclic) bond motifs is 1. The van der Waals surface area contributed by atoms with Gasteiger partial charge in [0.05, 0.1) is 11.4 Å². The average molecular weight is 306 g/mol. The molecule has 2 aromatic rings. The topological polar surface area (TPSA) is 19.4 Å². The van der Waals surface area contributed by atoms with Crippen LogP contribution in [0.5, 0.6) is 0 Å². The summed E-state index contributed by atoms with van der Waals surface area (Å²) in [6.45, 7) is 5.18. The van der Waals surface area contributed by atoms with E-state index in [9.17, 15) is 0 Å². The number of benzene rings is 1. The summed E-state index contributed by atoms with van der Waals surface area (Å²) in [7, 11) is 4.20. The van der Waals surface area contributed by atoms with Crippen LogP contribution in [0.15, 0.2) is 30.3 Å². The van der Waals surface area contributed by atoms with Crippen LogP contribution in [0.1, 0.15) is 18.9 Å². The molecule has 2 rings (SSSR count). The van der Waals surface area contributed by atoms with Crippen LogP contribution in [0.3, 0.4) is 0 Å². The summed E-state index contributed by atoms with van der Waals surface area (Å²) in [6.07, 6.45) is 1.10. The predicted molar refractivity (Wildman–Crippen MR) is 92.4 cm³/mol. The molecule has 1 aromatic heterocycles. The van der Waals surface area contributed by atoms with Crippen molar-refractivity contribution in [3.63, 3.8) is 0 Å². The van der Waals surface area contributed by atoms with Crippen molar-refractivity contribution in [2.75, 3.05) is 38.6 Å². The lowest BCUT2D eigenvalue weighted by Crippen LogP contribution is -2.33. The highest BCUT2D eigenvalue weighted by molar-refractivity contribution is 6.17. The lowest BCUT2D eigenvalue weighted by molar-refractivity contribution is 0.412. The molecule has 3 nitrogen and oxygen atoms in total. The van der Waals surface area contributed by atoms with Crippen molar-refractivity contribution >= 4 is 28.3 Å². The van der Waals surface area contributed by atoms with Gasteiger partial charge in [-0.05, 0) is 32.6 Å². The summed E-state index contributed by atoms with van der Waals surface area (Å²) < 4.78 is 0. The van der Waals surface area contributed by atoms with Crippen molar-refractivity contribution in [3.05, 3.63) is 35.9 Å². The standard InChI is InChI=1S/C17H24ClN3/c1-4-9-21(11-10-20(2)3)17-15(13-18)12-14-7-5-6-8-16(14)19-17/h5-8,12H,4,9-11,13H2,1-3H3. The van der Waals surface area contributed by atoms with Gasteiger partial charge in [0, 0.05) is 30.6 Å². The lowest BCUT2D eigenvalue weighted by Gasteiger charge is -2.27. The molecule has 0 aliphatic carbocycles. The van der Waals surface area contributed by atoms with E-state index in [1.54, 1.807) is 0 Å². The van der Waals surface area contributed by atoms with Crippen LogP contribution < -0.4 is 4.90 Å². The van der Waals surface area contributed by atoms with Crippen LogP contribution in [0.25, 0.3) is 10.9 Å². The fraction of sp³-hybridized carbons (Fsp3) is 0.471. The summed E-state index contributed by atoms with van der Waals surface area (Å²) in [6, 6.07) is 10.4. The van der Waals surface area contributed by atoms with Gasteiger partial charge in [-0.1, -0.05) is 25.1 Å². The van der Waals surface area contributed by atoms with Gasteiger partial charge in [0.15, 0.2) is 0 Å². The maximum absolute atomic E-state index is 6.16. The monoisotopic (exact) mass is 305 g/mol. The largest absolute Gasteiger partial charge is 0.355 e. The molecule has 1 aromatic carbocycles. The van der Waals surface area contributed by atoms with Gasteiger partial charge < -0.3 is 9.80 Å². The zero-order valence-electron chi connectivity index (χ0n) is 13.1. The van der Waals surface area contributed by atoms with Crippen molar-refractivity contribution in [1.29, 1.82) is 0 Å². The van der Waals surface area contributed by atoms with Gasteiger partial charge in [0.25, 0.3) is 0 Å². The van der Waals surface area contributed by atoms with Gasteiger partial charge in [0.2, 0.25) is 0 Å². The van der Waals surface area contributed by atoms with E-state index in [1.165, 1.54) is 0 Å². The van der Waals surface area contributed by atoms with Gasteiger partial charge in [-0.25, -0.2) is 4.98 Å². The van der Waals surface area contributed by atoms with E-state index >= 15 is 0 Å². The number of hydrogen-bond acceptors (Lipinski definition) is 3. The highest BCUT2D eigenvalue weighted by atomic mass is 35.5. The molecule has 0 unspecified atom stereocenters. The summed E-state index contributed by atoms with van der Waals surface area (Å²) in [5, 5.41) is 1.15. The molecule has 0 bridgehead atoms. The Kier molecular flexibility index (Phi) is 5.83. The molecular formula is C17H24ClN3. The number of aromatic nitrogens is 1. The third-order valence-corrected chi connectivity index (χ3v) is 3.82. The van der Waals surface area contributed by atoms with Crippen LogP contribution in [-0.4, -0.2) is 43.6 Å². The Morgan fingerprint density at radius 1 is 1.10 bits per heavy atom. The van der Waals surface area contributed by atoms with Crippen LogP contribution in [0.4, 0.5) is 5.82 Å².